The molecule has 8 atom stereocenters. The molecule has 7 nitrogen and oxygen atoms in total. The van der Waals surface area contributed by atoms with Gasteiger partial charge in [-0.1, -0.05) is 6.07 Å². The standard InChI is InChI=1S/C23H30N2O5/c1-12-14-7-9-25-10-8-22-15-6-5-13(28-3)11-16(15)24(2)20(22)23(27,21(26)29-4)19(30-12)17(14)18(22)25/h5-6,11-12,14,17-20,27H,7-10H2,1-4H3/t12-,14-,17+,18-,19+,20+,22+,23+/m0/s1. The molecular formula is C23H30N2O5. The molecule has 1 N–H and O–H groups in total. The minimum atomic E-state index is -1.73. The Kier molecular flexibility index (Phi) is 3.72. The molecule has 0 amide bonds. The van der Waals surface area contributed by atoms with Crippen LogP contribution in [-0.4, -0.2) is 80.2 Å². The molecule has 1 aromatic carbocycles. The quantitative estimate of drug-likeness (QED) is 0.729. The highest BCUT2D eigenvalue weighted by Gasteiger charge is 2.79. The van der Waals surface area contributed by atoms with Crippen LogP contribution in [0.25, 0.3) is 0 Å². The van der Waals surface area contributed by atoms with E-state index >= 15 is 0 Å². The summed E-state index contributed by atoms with van der Waals surface area (Å²) < 4.78 is 17.1. The van der Waals surface area contributed by atoms with Crippen molar-refractivity contribution in [1.29, 1.82) is 0 Å². The fourth-order valence-corrected chi connectivity index (χ4v) is 8.06. The molecule has 1 spiro atoms. The number of carbonyl (C=O) groups is 1. The minimum Gasteiger partial charge on any atom is -0.497 e. The Morgan fingerprint density at radius 2 is 2.10 bits per heavy atom. The third kappa shape index (κ3) is 1.87. The van der Waals surface area contributed by atoms with Gasteiger partial charge in [0.05, 0.1) is 26.4 Å². The van der Waals surface area contributed by atoms with E-state index in [4.69, 9.17) is 14.2 Å². The zero-order valence-electron chi connectivity index (χ0n) is 18.0. The lowest BCUT2D eigenvalue weighted by Gasteiger charge is -2.58. The lowest BCUT2D eigenvalue weighted by atomic mass is 9.52. The number of hydrogen-bond donors (Lipinski definition) is 1. The molecule has 5 aliphatic rings. The number of benzene rings is 1. The molecule has 4 fully saturated rings. The molecule has 162 valence electrons. The number of fused-ring (bicyclic) bond motifs is 1. The third-order valence-corrected chi connectivity index (χ3v) is 8.98. The Morgan fingerprint density at radius 3 is 2.83 bits per heavy atom. The number of nitrogens with zero attached hydrogens (tertiary/aromatic N) is 2. The predicted molar refractivity (Wildman–Crippen MR) is 110 cm³/mol. The van der Waals surface area contributed by atoms with E-state index in [-0.39, 0.29) is 23.5 Å². The van der Waals surface area contributed by atoms with Gasteiger partial charge in [-0.05, 0) is 50.4 Å². The van der Waals surface area contributed by atoms with Gasteiger partial charge in [-0.25, -0.2) is 4.79 Å². The molecule has 1 aliphatic carbocycles. The summed E-state index contributed by atoms with van der Waals surface area (Å²) in [6.07, 6.45) is 1.42. The second-order valence-corrected chi connectivity index (χ2v) is 9.78. The van der Waals surface area contributed by atoms with Crippen LogP contribution in [0.15, 0.2) is 18.2 Å². The molecule has 6 rings (SSSR count). The summed E-state index contributed by atoms with van der Waals surface area (Å²) >= 11 is 0. The summed E-state index contributed by atoms with van der Waals surface area (Å²) in [5.74, 6) is 0.645. The van der Waals surface area contributed by atoms with Crippen LogP contribution in [0.2, 0.25) is 0 Å². The molecule has 30 heavy (non-hydrogen) atoms. The minimum absolute atomic E-state index is 0.0236. The number of hydrogen-bond acceptors (Lipinski definition) is 7. The van der Waals surface area contributed by atoms with Crippen LogP contribution >= 0.6 is 0 Å². The van der Waals surface area contributed by atoms with E-state index in [0.29, 0.717) is 5.92 Å². The SMILES string of the molecule is COC(=O)[C@@]1(O)[C@@H]2O[C@@H](C)[C@@H]3CCN4CC[C@@]5(c6ccc(OC)cc6N(C)[C@@H]15)[C@@H]4[C@@H]32. The van der Waals surface area contributed by atoms with E-state index in [1.807, 2.05) is 19.2 Å². The fourth-order valence-electron chi connectivity index (χ4n) is 8.06. The number of likely N-dealkylation sites (N-methyl/N-ethyl adjacent to an activating group) is 1. The Labute approximate surface area is 176 Å². The Bertz CT molecular complexity index is 923. The molecule has 4 aliphatic heterocycles. The first-order valence-electron chi connectivity index (χ1n) is 11.0. The third-order valence-electron chi connectivity index (χ3n) is 8.98. The van der Waals surface area contributed by atoms with Gasteiger partial charge in [-0.2, -0.15) is 0 Å². The monoisotopic (exact) mass is 414 g/mol. The number of ether oxygens (including phenoxy) is 3. The number of aliphatic hydroxyl groups is 1. The molecule has 1 saturated carbocycles. The van der Waals surface area contributed by atoms with Crippen molar-refractivity contribution in [3.05, 3.63) is 23.8 Å². The van der Waals surface area contributed by atoms with Crippen molar-refractivity contribution < 1.29 is 24.1 Å². The van der Waals surface area contributed by atoms with Gasteiger partial charge in [-0.3, -0.25) is 4.90 Å². The van der Waals surface area contributed by atoms with Crippen molar-refractivity contribution in [2.24, 2.45) is 11.8 Å². The normalized spacial score (nSPS) is 45.7. The first-order valence-corrected chi connectivity index (χ1v) is 11.0. The summed E-state index contributed by atoms with van der Waals surface area (Å²) in [5.41, 5.74) is 0.169. The first-order chi connectivity index (χ1) is 14.4. The topological polar surface area (TPSA) is 71.5 Å². The van der Waals surface area contributed by atoms with Crippen molar-refractivity contribution in [2.45, 2.75) is 55.1 Å². The van der Waals surface area contributed by atoms with Crippen molar-refractivity contribution >= 4 is 11.7 Å². The summed E-state index contributed by atoms with van der Waals surface area (Å²) in [7, 11) is 5.00. The Hall–Kier alpha value is -1.83. The number of rotatable bonds is 2. The van der Waals surface area contributed by atoms with E-state index in [1.165, 1.54) is 12.7 Å². The molecule has 0 bridgehead atoms. The molecule has 4 heterocycles. The van der Waals surface area contributed by atoms with Crippen LogP contribution < -0.4 is 9.64 Å². The maximum atomic E-state index is 13.3. The maximum absolute atomic E-state index is 13.3. The second kappa shape index (κ2) is 5.90. The van der Waals surface area contributed by atoms with Gasteiger partial charge >= 0.3 is 5.97 Å². The molecule has 3 saturated heterocycles. The highest BCUT2D eigenvalue weighted by Crippen LogP contribution is 2.66. The van der Waals surface area contributed by atoms with Crippen molar-refractivity contribution in [1.82, 2.24) is 4.90 Å². The molecule has 0 radical (unpaired) electrons. The lowest BCUT2D eigenvalue weighted by Crippen LogP contribution is -2.77. The van der Waals surface area contributed by atoms with Gasteiger partial charge in [0.2, 0.25) is 5.60 Å². The van der Waals surface area contributed by atoms with Crippen molar-refractivity contribution in [2.75, 3.05) is 39.3 Å². The summed E-state index contributed by atoms with van der Waals surface area (Å²) in [5, 5.41) is 12.2. The van der Waals surface area contributed by atoms with Gasteiger partial charge in [0.25, 0.3) is 0 Å². The van der Waals surface area contributed by atoms with Crippen molar-refractivity contribution in [3.63, 3.8) is 0 Å². The van der Waals surface area contributed by atoms with Crippen LogP contribution in [0, 0.1) is 11.8 Å². The fraction of sp³-hybridized carbons (Fsp3) is 0.696. The number of carbonyl (C=O) groups excluding carboxylic acids is 1. The number of esters is 1. The molecule has 0 unspecified atom stereocenters. The second-order valence-electron chi connectivity index (χ2n) is 9.78. The number of anilines is 1. The Balaban J connectivity index is 1.64. The largest absolute Gasteiger partial charge is 0.497 e. The Morgan fingerprint density at radius 1 is 1.30 bits per heavy atom. The smallest absolute Gasteiger partial charge is 0.342 e. The van der Waals surface area contributed by atoms with Gasteiger partial charge in [0, 0.05) is 36.2 Å². The molecule has 0 aromatic heterocycles. The highest BCUT2D eigenvalue weighted by atomic mass is 16.6. The molecule has 1 aromatic rings. The van der Waals surface area contributed by atoms with Crippen LogP contribution in [-0.2, 0) is 19.7 Å². The average molecular weight is 415 g/mol. The molecule has 7 heteroatoms. The first kappa shape index (κ1) is 18.9. The van der Waals surface area contributed by atoms with Crippen LogP contribution in [0.3, 0.4) is 0 Å². The van der Waals surface area contributed by atoms with Crippen LogP contribution in [0.1, 0.15) is 25.3 Å². The van der Waals surface area contributed by atoms with Gasteiger partial charge in [0.15, 0.2) is 0 Å². The summed E-state index contributed by atoms with van der Waals surface area (Å²) in [6.45, 7) is 4.12. The van der Waals surface area contributed by atoms with E-state index in [2.05, 4.69) is 22.8 Å². The predicted octanol–water partition coefficient (Wildman–Crippen LogP) is 1.17. The zero-order valence-corrected chi connectivity index (χ0v) is 18.0. The number of methoxy groups -OCH3 is 2. The average Bonchev–Trinajstić information content (AvgIpc) is 3.38. The maximum Gasteiger partial charge on any atom is 0.342 e. The van der Waals surface area contributed by atoms with E-state index in [9.17, 15) is 9.90 Å². The molecular weight excluding hydrogens is 384 g/mol. The van der Waals surface area contributed by atoms with E-state index in [0.717, 1.165) is 37.4 Å². The van der Waals surface area contributed by atoms with Crippen molar-refractivity contribution in [3.8, 4) is 5.75 Å². The van der Waals surface area contributed by atoms with Crippen LogP contribution in [0.5, 0.6) is 5.75 Å². The van der Waals surface area contributed by atoms with Gasteiger partial charge < -0.3 is 24.2 Å². The zero-order chi connectivity index (χ0) is 21.0. The lowest BCUT2D eigenvalue weighted by molar-refractivity contribution is -0.204. The van der Waals surface area contributed by atoms with Gasteiger partial charge in [0.1, 0.15) is 11.9 Å². The van der Waals surface area contributed by atoms with E-state index in [1.54, 1.807) is 7.11 Å². The summed E-state index contributed by atoms with van der Waals surface area (Å²) in [6, 6.07) is 5.99. The number of piperidine rings is 1. The highest BCUT2D eigenvalue weighted by molar-refractivity contribution is 5.86. The summed E-state index contributed by atoms with van der Waals surface area (Å²) in [4.78, 5) is 18.0. The van der Waals surface area contributed by atoms with Crippen LogP contribution in [0.4, 0.5) is 5.69 Å². The van der Waals surface area contributed by atoms with E-state index < -0.39 is 23.7 Å². The van der Waals surface area contributed by atoms with Gasteiger partial charge in [-0.15, -0.1) is 0 Å².